The van der Waals surface area contributed by atoms with Gasteiger partial charge in [0.2, 0.25) is 0 Å². The molecule has 2 rings (SSSR count). The van der Waals surface area contributed by atoms with Crippen molar-refractivity contribution in [1.29, 1.82) is 0 Å². The van der Waals surface area contributed by atoms with Crippen LogP contribution < -0.4 is 0 Å². The Balaban J connectivity index is 2.20. The van der Waals surface area contributed by atoms with Crippen molar-refractivity contribution in [2.45, 2.75) is 19.6 Å². The lowest BCUT2D eigenvalue weighted by molar-refractivity contribution is -0.137. The maximum atomic E-state index is 12.4. The summed E-state index contributed by atoms with van der Waals surface area (Å²) in [6, 6.07) is 6.10. The summed E-state index contributed by atoms with van der Waals surface area (Å²) < 4.78 is 38.7. The quantitative estimate of drug-likeness (QED) is 0.942. The van der Waals surface area contributed by atoms with Crippen LogP contribution in [0.3, 0.4) is 0 Å². The molecule has 1 heterocycles. The monoisotopic (exact) mass is 284 g/mol. The molecule has 0 saturated carbocycles. The predicted molar refractivity (Wildman–Crippen MR) is 64.5 cm³/mol. The van der Waals surface area contributed by atoms with Gasteiger partial charge < -0.3 is 5.11 Å². The lowest BCUT2D eigenvalue weighted by Crippen LogP contribution is -2.07. The molecule has 0 amide bonds. The Morgan fingerprint density at radius 2 is 1.90 bits per heavy atom. The van der Waals surface area contributed by atoms with Gasteiger partial charge in [-0.05, 0) is 30.7 Å². The fraction of sp³-hybridized carbons (Fsp3) is 0.231. The highest BCUT2D eigenvalue weighted by Gasteiger charge is 2.29. The van der Waals surface area contributed by atoms with Crippen LogP contribution in [-0.2, 0) is 12.7 Å². The van der Waals surface area contributed by atoms with E-state index in [2.05, 4.69) is 5.10 Å². The second-order valence-electron chi connectivity index (χ2n) is 4.33. The Morgan fingerprint density at radius 3 is 2.35 bits per heavy atom. The molecule has 2 aromatic rings. The largest absolute Gasteiger partial charge is 0.476 e. The minimum absolute atomic E-state index is 0.0885. The van der Waals surface area contributed by atoms with Crippen LogP contribution in [0.4, 0.5) is 13.2 Å². The highest BCUT2D eigenvalue weighted by atomic mass is 19.4. The summed E-state index contributed by atoms with van der Waals surface area (Å²) in [5.41, 5.74) is 0.433. The number of nitrogens with zero attached hydrogens (tertiary/aromatic N) is 2. The smallest absolute Gasteiger partial charge is 0.416 e. The van der Waals surface area contributed by atoms with Crippen molar-refractivity contribution < 1.29 is 23.1 Å². The average Bonchev–Trinajstić information content (AvgIpc) is 2.71. The Hall–Kier alpha value is -2.31. The normalized spacial score (nSPS) is 11.6. The summed E-state index contributed by atoms with van der Waals surface area (Å²) in [7, 11) is 0. The van der Waals surface area contributed by atoms with Crippen molar-refractivity contribution in [3.05, 3.63) is 52.8 Å². The molecule has 1 aromatic carbocycles. The number of rotatable bonds is 3. The van der Waals surface area contributed by atoms with E-state index in [0.717, 1.165) is 12.1 Å². The molecule has 0 saturated heterocycles. The van der Waals surface area contributed by atoms with Crippen LogP contribution in [-0.4, -0.2) is 20.9 Å². The first-order chi connectivity index (χ1) is 9.27. The highest BCUT2D eigenvalue weighted by Crippen LogP contribution is 2.29. The lowest BCUT2D eigenvalue weighted by atomic mass is 10.1. The van der Waals surface area contributed by atoms with Crippen molar-refractivity contribution in [3.63, 3.8) is 0 Å². The van der Waals surface area contributed by atoms with Gasteiger partial charge >= 0.3 is 12.1 Å². The van der Waals surface area contributed by atoms with E-state index in [1.165, 1.54) is 22.9 Å². The Labute approximate surface area is 112 Å². The molecule has 20 heavy (non-hydrogen) atoms. The molecule has 1 N–H and O–H groups in total. The van der Waals surface area contributed by atoms with Crippen LogP contribution in [0.1, 0.15) is 27.3 Å². The standard InChI is InChI=1S/C13H11F3N2O2/c1-8-6-11(12(19)20)17-18(8)7-9-2-4-10(5-3-9)13(14,15)16/h2-6H,7H2,1H3,(H,19,20). The molecule has 0 atom stereocenters. The fourth-order valence-electron chi connectivity index (χ4n) is 1.75. The number of carbonyl (C=O) groups is 1. The first-order valence-corrected chi connectivity index (χ1v) is 5.71. The van der Waals surface area contributed by atoms with Crippen molar-refractivity contribution in [3.8, 4) is 0 Å². The molecule has 0 radical (unpaired) electrons. The van der Waals surface area contributed by atoms with Crippen LogP contribution in [0.2, 0.25) is 0 Å². The summed E-state index contributed by atoms with van der Waals surface area (Å²) in [4.78, 5) is 10.8. The lowest BCUT2D eigenvalue weighted by Gasteiger charge is -2.08. The molecule has 0 spiro atoms. The van der Waals surface area contributed by atoms with E-state index < -0.39 is 17.7 Å². The zero-order valence-electron chi connectivity index (χ0n) is 10.5. The van der Waals surface area contributed by atoms with E-state index in [4.69, 9.17) is 5.11 Å². The van der Waals surface area contributed by atoms with Gasteiger partial charge in [-0.2, -0.15) is 18.3 Å². The number of carboxylic acid groups (broad SMARTS) is 1. The summed E-state index contributed by atoms with van der Waals surface area (Å²) in [6.45, 7) is 1.90. The van der Waals surface area contributed by atoms with Crippen LogP contribution >= 0.6 is 0 Å². The van der Waals surface area contributed by atoms with E-state index in [9.17, 15) is 18.0 Å². The summed E-state index contributed by atoms with van der Waals surface area (Å²) >= 11 is 0. The maximum absolute atomic E-state index is 12.4. The first-order valence-electron chi connectivity index (χ1n) is 5.71. The number of aryl methyl sites for hydroxylation is 1. The number of hydrogen-bond donors (Lipinski definition) is 1. The number of aromatic carboxylic acids is 1. The van der Waals surface area contributed by atoms with Crippen molar-refractivity contribution in [2.75, 3.05) is 0 Å². The van der Waals surface area contributed by atoms with Gasteiger partial charge in [0.1, 0.15) is 0 Å². The average molecular weight is 284 g/mol. The van der Waals surface area contributed by atoms with Gasteiger partial charge in [-0.25, -0.2) is 4.79 Å². The van der Waals surface area contributed by atoms with E-state index in [1.807, 2.05) is 0 Å². The van der Waals surface area contributed by atoms with Gasteiger partial charge in [0.15, 0.2) is 5.69 Å². The number of halogens is 3. The van der Waals surface area contributed by atoms with E-state index in [-0.39, 0.29) is 12.2 Å². The Kier molecular flexibility index (Phi) is 3.52. The maximum Gasteiger partial charge on any atom is 0.416 e. The molecule has 0 aliphatic rings. The van der Waals surface area contributed by atoms with Gasteiger partial charge in [0, 0.05) is 5.69 Å². The van der Waals surface area contributed by atoms with Crippen molar-refractivity contribution in [1.82, 2.24) is 9.78 Å². The predicted octanol–water partition coefficient (Wildman–Crippen LogP) is 2.96. The molecule has 7 heteroatoms. The van der Waals surface area contributed by atoms with Crippen LogP contribution in [0.25, 0.3) is 0 Å². The van der Waals surface area contributed by atoms with Gasteiger partial charge in [0.25, 0.3) is 0 Å². The van der Waals surface area contributed by atoms with E-state index in [0.29, 0.717) is 11.3 Å². The number of alkyl halides is 3. The Morgan fingerprint density at radius 1 is 1.30 bits per heavy atom. The Bertz CT molecular complexity index is 630. The van der Waals surface area contributed by atoms with Crippen molar-refractivity contribution in [2.24, 2.45) is 0 Å². The topological polar surface area (TPSA) is 55.1 Å². The fourth-order valence-corrected chi connectivity index (χ4v) is 1.75. The third-order valence-electron chi connectivity index (χ3n) is 2.81. The number of aromatic nitrogens is 2. The molecule has 0 unspecified atom stereocenters. The zero-order valence-corrected chi connectivity index (χ0v) is 10.5. The third-order valence-corrected chi connectivity index (χ3v) is 2.81. The molecular formula is C13H11F3N2O2. The molecule has 0 fully saturated rings. The van der Waals surface area contributed by atoms with Crippen LogP contribution in [0, 0.1) is 6.92 Å². The summed E-state index contributed by atoms with van der Waals surface area (Å²) in [6.07, 6.45) is -4.36. The molecule has 1 aromatic heterocycles. The second-order valence-corrected chi connectivity index (χ2v) is 4.33. The third kappa shape index (κ3) is 2.98. The molecule has 0 bridgehead atoms. The number of benzene rings is 1. The second kappa shape index (κ2) is 4.99. The van der Waals surface area contributed by atoms with Crippen LogP contribution in [0.5, 0.6) is 0 Å². The summed E-state index contributed by atoms with van der Waals surface area (Å²) in [5, 5.41) is 12.7. The SMILES string of the molecule is Cc1cc(C(=O)O)nn1Cc1ccc(C(F)(F)F)cc1. The molecule has 4 nitrogen and oxygen atoms in total. The minimum Gasteiger partial charge on any atom is -0.476 e. The zero-order chi connectivity index (χ0) is 14.9. The van der Waals surface area contributed by atoms with Crippen LogP contribution in [0.15, 0.2) is 30.3 Å². The summed E-state index contributed by atoms with van der Waals surface area (Å²) in [5.74, 6) is -1.14. The van der Waals surface area contributed by atoms with E-state index in [1.54, 1.807) is 6.92 Å². The van der Waals surface area contributed by atoms with Gasteiger partial charge in [-0.3, -0.25) is 4.68 Å². The van der Waals surface area contributed by atoms with E-state index >= 15 is 0 Å². The number of hydrogen-bond acceptors (Lipinski definition) is 2. The van der Waals surface area contributed by atoms with Crippen molar-refractivity contribution >= 4 is 5.97 Å². The highest BCUT2D eigenvalue weighted by molar-refractivity contribution is 5.85. The molecular weight excluding hydrogens is 273 g/mol. The molecule has 0 aliphatic carbocycles. The molecule has 106 valence electrons. The first kappa shape index (κ1) is 14.1. The van der Waals surface area contributed by atoms with Gasteiger partial charge in [0.05, 0.1) is 12.1 Å². The van der Waals surface area contributed by atoms with Gasteiger partial charge in [-0.1, -0.05) is 12.1 Å². The minimum atomic E-state index is -4.36. The number of carboxylic acids is 1. The van der Waals surface area contributed by atoms with Gasteiger partial charge in [-0.15, -0.1) is 0 Å². The molecule has 0 aliphatic heterocycles.